The molecular formula is C18H27N. The zero-order chi connectivity index (χ0) is 13.1. The number of rotatable bonds is 2. The summed E-state index contributed by atoms with van der Waals surface area (Å²) in [6.07, 6.45) is 8.50. The highest BCUT2D eigenvalue weighted by Gasteiger charge is 2.43. The Morgan fingerprint density at radius 2 is 1.89 bits per heavy atom. The van der Waals surface area contributed by atoms with Crippen molar-refractivity contribution in [3.8, 4) is 0 Å². The number of hydrogen-bond donors (Lipinski definition) is 0. The maximum atomic E-state index is 2.68. The van der Waals surface area contributed by atoms with Crippen molar-refractivity contribution in [1.29, 1.82) is 0 Å². The molecule has 3 rings (SSSR count). The van der Waals surface area contributed by atoms with Crippen LogP contribution < -0.4 is 0 Å². The van der Waals surface area contributed by atoms with E-state index in [9.17, 15) is 0 Å². The average molecular weight is 257 g/mol. The van der Waals surface area contributed by atoms with E-state index in [-0.39, 0.29) is 0 Å². The van der Waals surface area contributed by atoms with Crippen LogP contribution in [-0.2, 0) is 5.41 Å². The highest BCUT2D eigenvalue weighted by Crippen LogP contribution is 2.48. The summed E-state index contributed by atoms with van der Waals surface area (Å²) >= 11 is 0. The van der Waals surface area contributed by atoms with E-state index in [1.165, 1.54) is 58.2 Å². The van der Waals surface area contributed by atoms with Gasteiger partial charge >= 0.3 is 0 Å². The number of nitrogens with zero attached hydrogens (tertiary/aromatic N) is 1. The SMILES string of the molecule is CCN1CCC[C@]2(c3ccccc3)CCCC[C@H]2C1. The molecule has 1 heterocycles. The summed E-state index contributed by atoms with van der Waals surface area (Å²) in [4.78, 5) is 2.68. The molecular weight excluding hydrogens is 230 g/mol. The number of likely N-dealkylation sites (tertiary alicyclic amines) is 1. The Balaban J connectivity index is 1.94. The zero-order valence-corrected chi connectivity index (χ0v) is 12.3. The maximum Gasteiger partial charge on any atom is 0.00181 e. The largest absolute Gasteiger partial charge is 0.303 e. The topological polar surface area (TPSA) is 3.24 Å². The lowest BCUT2D eigenvalue weighted by molar-refractivity contribution is 0.149. The fourth-order valence-corrected chi connectivity index (χ4v) is 4.51. The molecule has 0 N–H and O–H groups in total. The Kier molecular flexibility index (Phi) is 3.93. The third-order valence-electron chi connectivity index (χ3n) is 5.58. The Labute approximate surface area is 118 Å². The second-order valence-electron chi connectivity index (χ2n) is 6.46. The van der Waals surface area contributed by atoms with Gasteiger partial charge in [-0.2, -0.15) is 0 Å². The normalized spacial score (nSPS) is 32.6. The summed E-state index contributed by atoms with van der Waals surface area (Å²) in [5, 5.41) is 0. The first-order valence-electron chi connectivity index (χ1n) is 8.13. The third kappa shape index (κ3) is 2.45. The maximum absolute atomic E-state index is 2.68. The van der Waals surface area contributed by atoms with Gasteiger partial charge in [0.2, 0.25) is 0 Å². The summed E-state index contributed by atoms with van der Waals surface area (Å²) in [5.41, 5.74) is 2.11. The van der Waals surface area contributed by atoms with Gasteiger partial charge in [0.15, 0.2) is 0 Å². The van der Waals surface area contributed by atoms with Gasteiger partial charge in [-0.1, -0.05) is 50.1 Å². The minimum Gasteiger partial charge on any atom is -0.303 e. The predicted octanol–water partition coefficient (Wildman–Crippen LogP) is 4.23. The smallest absolute Gasteiger partial charge is 0.00181 e. The van der Waals surface area contributed by atoms with Crippen LogP contribution in [0.3, 0.4) is 0 Å². The first-order chi connectivity index (χ1) is 9.35. The lowest BCUT2D eigenvalue weighted by Crippen LogP contribution is -2.41. The number of hydrogen-bond acceptors (Lipinski definition) is 1. The lowest BCUT2D eigenvalue weighted by Gasteiger charge is -2.44. The standard InChI is InChI=1S/C18H27N/c1-2-19-14-8-13-18(16-9-4-3-5-10-16)12-7-6-11-17(18)15-19/h3-5,9-10,17H,2,6-8,11-15H2,1H3/t17-,18-/m0/s1. The Bertz CT molecular complexity index is 399. The molecule has 1 saturated carbocycles. The van der Waals surface area contributed by atoms with Crippen LogP contribution in [0.4, 0.5) is 0 Å². The van der Waals surface area contributed by atoms with Gasteiger partial charge in [-0.15, -0.1) is 0 Å². The molecule has 1 heteroatoms. The molecule has 0 unspecified atom stereocenters. The highest BCUT2D eigenvalue weighted by molar-refractivity contribution is 5.28. The molecule has 1 aliphatic heterocycles. The van der Waals surface area contributed by atoms with Crippen LogP contribution in [0.5, 0.6) is 0 Å². The van der Waals surface area contributed by atoms with Crippen molar-refractivity contribution in [3.63, 3.8) is 0 Å². The second kappa shape index (κ2) is 5.66. The van der Waals surface area contributed by atoms with E-state index in [1.807, 2.05) is 0 Å². The number of fused-ring (bicyclic) bond motifs is 1. The first-order valence-corrected chi connectivity index (χ1v) is 8.13. The van der Waals surface area contributed by atoms with Gasteiger partial charge < -0.3 is 4.90 Å². The summed E-state index contributed by atoms with van der Waals surface area (Å²) in [5.74, 6) is 0.881. The predicted molar refractivity (Wildman–Crippen MR) is 81.4 cm³/mol. The van der Waals surface area contributed by atoms with E-state index in [0.717, 1.165) is 5.92 Å². The van der Waals surface area contributed by atoms with E-state index in [1.54, 1.807) is 5.56 Å². The van der Waals surface area contributed by atoms with Crippen molar-refractivity contribution in [2.75, 3.05) is 19.6 Å². The molecule has 2 fully saturated rings. The summed E-state index contributed by atoms with van der Waals surface area (Å²) in [7, 11) is 0. The van der Waals surface area contributed by atoms with Crippen LogP contribution in [0.1, 0.15) is 51.0 Å². The van der Waals surface area contributed by atoms with Crippen molar-refractivity contribution >= 4 is 0 Å². The Hall–Kier alpha value is -0.820. The third-order valence-corrected chi connectivity index (χ3v) is 5.58. The number of benzene rings is 1. The van der Waals surface area contributed by atoms with Crippen molar-refractivity contribution in [1.82, 2.24) is 4.90 Å². The van der Waals surface area contributed by atoms with Gasteiger partial charge in [-0.25, -0.2) is 0 Å². The first kappa shape index (κ1) is 13.2. The molecule has 0 aromatic heterocycles. The van der Waals surface area contributed by atoms with Gasteiger partial charge in [-0.05, 0) is 55.7 Å². The van der Waals surface area contributed by atoms with Crippen LogP contribution >= 0.6 is 0 Å². The van der Waals surface area contributed by atoms with Crippen LogP contribution in [0, 0.1) is 5.92 Å². The van der Waals surface area contributed by atoms with E-state index in [2.05, 4.69) is 42.2 Å². The average Bonchev–Trinajstić information content (AvgIpc) is 2.68. The molecule has 0 amide bonds. The minimum atomic E-state index is 0.490. The molecule has 19 heavy (non-hydrogen) atoms. The molecule has 0 radical (unpaired) electrons. The quantitative estimate of drug-likeness (QED) is 0.766. The second-order valence-corrected chi connectivity index (χ2v) is 6.46. The molecule has 1 aromatic rings. The van der Waals surface area contributed by atoms with E-state index < -0.39 is 0 Å². The Morgan fingerprint density at radius 1 is 1.11 bits per heavy atom. The van der Waals surface area contributed by atoms with Crippen LogP contribution in [0.15, 0.2) is 30.3 Å². The molecule has 104 valence electrons. The van der Waals surface area contributed by atoms with Gasteiger partial charge in [0.1, 0.15) is 0 Å². The van der Waals surface area contributed by atoms with E-state index in [0.29, 0.717) is 5.41 Å². The molecule has 2 atom stereocenters. The minimum absolute atomic E-state index is 0.490. The molecule has 1 aromatic carbocycles. The highest BCUT2D eigenvalue weighted by atomic mass is 15.1. The summed E-state index contributed by atoms with van der Waals surface area (Å²) in [6, 6.07) is 11.4. The van der Waals surface area contributed by atoms with Gasteiger partial charge in [-0.3, -0.25) is 0 Å². The fraction of sp³-hybridized carbons (Fsp3) is 0.667. The fourth-order valence-electron chi connectivity index (χ4n) is 4.51. The van der Waals surface area contributed by atoms with Crippen LogP contribution in [0.25, 0.3) is 0 Å². The van der Waals surface area contributed by atoms with Crippen molar-refractivity contribution in [2.24, 2.45) is 5.92 Å². The summed E-state index contributed by atoms with van der Waals surface area (Å²) in [6.45, 7) is 6.17. The molecule has 0 bridgehead atoms. The molecule has 1 saturated heterocycles. The Morgan fingerprint density at radius 3 is 2.68 bits per heavy atom. The van der Waals surface area contributed by atoms with E-state index in [4.69, 9.17) is 0 Å². The summed E-state index contributed by atoms with van der Waals surface area (Å²) < 4.78 is 0. The monoisotopic (exact) mass is 257 g/mol. The van der Waals surface area contributed by atoms with Crippen molar-refractivity contribution in [3.05, 3.63) is 35.9 Å². The van der Waals surface area contributed by atoms with Crippen molar-refractivity contribution < 1.29 is 0 Å². The van der Waals surface area contributed by atoms with Crippen LogP contribution in [0.2, 0.25) is 0 Å². The van der Waals surface area contributed by atoms with Gasteiger partial charge in [0.25, 0.3) is 0 Å². The van der Waals surface area contributed by atoms with Crippen molar-refractivity contribution in [2.45, 2.75) is 50.9 Å². The molecule has 1 aliphatic carbocycles. The van der Waals surface area contributed by atoms with Gasteiger partial charge in [0, 0.05) is 6.54 Å². The molecule has 2 aliphatic rings. The molecule has 1 nitrogen and oxygen atoms in total. The zero-order valence-electron chi connectivity index (χ0n) is 12.3. The van der Waals surface area contributed by atoms with Gasteiger partial charge in [0.05, 0.1) is 0 Å². The van der Waals surface area contributed by atoms with Crippen LogP contribution in [-0.4, -0.2) is 24.5 Å². The molecule has 0 spiro atoms. The lowest BCUT2D eigenvalue weighted by atomic mass is 9.61. The van der Waals surface area contributed by atoms with E-state index >= 15 is 0 Å².